The van der Waals surface area contributed by atoms with Crippen molar-refractivity contribution in [2.75, 3.05) is 13.1 Å². The Morgan fingerprint density at radius 2 is 1.70 bits per heavy atom. The van der Waals surface area contributed by atoms with Gasteiger partial charge in [0.2, 0.25) is 0 Å². The maximum Gasteiger partial charge on any atom is 0.410 e. The summed E-state index contributed by atoms with van der Waals surface area (Å²) in [7, 11) is 0. The van der Waals surface area contributed by atoms with E-state index in [0.29, 0.717) is 34.2 Å². The molecule has 1 amide bonds. The van der Waals surface area contributed by atoms with Gasteiger partial charge in [-0.05, 0) is 122 Å². The van der Waals surface area contributed by atoms with Gasteiger partial charge in [0.05, 0.1) is 18.3 Å². The minimum Gasteiger partial charge on any atom is -0.443 e. The molecule has 7 unspecified atom stereocenters. The number of fused-ring (bicyclic) bond motifs is 4. The fraction of sp³-hybridized carbons (Fsp3) is 0.969. The number of likely N-dealkylation sites (tertiary alicyclic amines) is 1. The molecule has 5 aliphatic carbocycles. The van der Waals surface area contributed by atoms with Gasteiger partial charge >= 0.3 is 6.09 Å². The Bertz CT molecular complexity index is 945. The number of hydrogen-bond donors (Lipinski definition) is 1. The third kappa shape index (κ3) is 3.25. The number of hydrogen-bond acceptors (Lipinski definition) is 4. The standard InChI is InChI=1S/C32H51NO4/c1-19(2)27(37-28(35)33-15-6-16-33)23-9-7-21-24(36-23)17-22-20-8-10-25-29(3,4)26(34)11-12-32(25)18-31(20,32)14-13-30(21,22)5/h19-27,34H,6-18H2,1-5H3/t20?,21?,22?,23?,24?,25?,26-,27+,30+,31?,32+/m0/s1. The second-order valence-electron chi connectivity index (χ2n) is 15.8. The average Bonchev–Trinajstić information content (AvgIpc) is 3.39. The van der Waals surface area contributed by atoms with E-state index in [0.717, 1.165) is 44.2 Å². The van der Waals surface area contributed by atoms with Crippen LogP contribution in [0.2, 0.25) is 0 Å². The van der Waals surface area contributed by atoms with Crippen LogP contribution in [-0.2, 0) is 9.47 Å². The second kappa shape index (κ2) is 8.12. The van der Waals surface area contributed by atoms with Gasteiger partial charge in [0.15, 0.2) is 0 Å². The Kier molecular flexibility index (Phi) is 5.52. The number of aliphatic hydroxyl groups is 1. The molecule has 1 N–H and O–H groups in total. The molecule has 2 spiro atoms. The normalized spacial score (nSPS) is 52.1. The summed E-state index contributed by atoms with van der Waals surface area (Å²) in [5.74, 6) is 3.22. The van der Waals surface area contributed by atoms with Crippen molar-refractivity contribution in [3.05, 3.63) is 0 Å². The van der Waals surface area contributed by atoms with E-state index in [1.165, 1.54) is 51.4 Å². The lowest BCUT2D eigenvalue weighted by Crippen LogP contribution is -2.54. The number of carbonyl (C=O) groups excluding carboxylic acids is 1. The molecule has 7 rings (SSSR count). The quantitative estimate of drug-likeness (QED) is 0.473. The van der Waals surface area contributed by atoms with Crippen molar-refractivity contribution in [1.29, 1.82) is 0 Å². The third-order valence-electron chi connectivity index (χ3n) is 14.0. The van der Waals surface area contributed by atoms with Crippen molar-refractivity contribution in [3.8, 4) is 0 Å². The molecule has 5 heteroatoms. The van der Waals surface area contributed by atoms with Gasteiger partial charge in [-0.1, -0.05) is 34.6 Å². The van der Waals surface area contributed by atoms with Crippen molar-refractivity contribution in [2.24, 2.45) is 51.2 Å². The van der Waals surface area contributed by atoms with Crippen LogP contribution in [0.25, 0.3) is 0 Å². The largest absolute Gasteiger partial charge is 0.443 e. The van der Waals surface area contributed by atoms with Gasteiger partial charge in [-0.2, -0.15) is 0 Å². The molecular weight excluding hydrogens is 462 g/mol. The van der Waals surface area contributed by atoms with Crippen LogP contribution in [0.15, 0.2) is 0 Å². The fourth-order valence-electron chi connectivity index (χ4n) is 11.8. The van der Waals surface area contributed by atoms with E-state index in [1.54, 1.807) is 0 Å². The van der Waals surface area contributed by atoms with Gasteiger partial charge in [-0.25, -0.2) is 4.79 Å². The van der Waals surface area contributed by atoms with E-state index in [2.05, 4.69) is 34.6 Å². The molecule has 0 aromatic carbocycles. The molecular formula is C32H51NO4. The zero-order valence-corrected chi connectivity index (χ0v) is 24.0. The third-order valence-corrected chi connectivity index (χ3v) is 14.0. The Labute approximate surface area is 224 Å². The molecule has 0 bridgehead atoms. The summed E-state index contributed by atoms with van der Waals surface area (Å²) in [5, 5.41) is 10.9. The average molecular weight is 514 g/mol. The summed E-state index contributed by atoms with van der Waals surface area (Å²) in [6, 6.07) is 0. The molecule has 208 valence electrons. The molecule has 5 nitrogen and oxygen atoms in total. The molecule has 2 heterocycles. The van der Waals surface area contributed by atoms with Gasteiger partial charge < -0.3 is 19.5 Å². The minimum atomic E-state index is -0.145. The molecule has 0 aromatic rings. The minimum absolute atomic E-state index is 0.0350. The van der Waals surface area contributed by atoms with Crippen LogP contribution in [0.1, 0.15) is 105 Å². The molecule has 7 fully saturated rings. The number of ether oxygens (including phenoxy) is 2. The lowest BCUT2D eigenvalue weighted by atomic mass is 9.46. The van der Waals surface area contributed by atoms with Crippen LogP contribution in [0.3, 0.4) is 0 Å². The molecule has 7 aliphatic rings. The molecule has 2 aliphatic heterocycles. The molecule has 37 heavy (non-hydrogen) atoms. The Morgan fingerprint density at radius 3 is 2.41 bits per heavy atom. The molecule has 2 saturated heterocycles. The first-order chi connectivity index (χ1) is 17.5. The smallest absolute Gasteiger partial charge is 0.410 e. The van der Waals surface area contributed by atoms with Crippen LogP contribution in [0.4, 0.5) is 4.79 Å². The zero-order valence-electron chi connectivity index (χ0n) is 24.0. The fourth-order valence-corrected chi connectivity index (χ4v) is 11.8. The first-order valence-electron chi connectivity index (χ1n) is 15.8. The summed E-state index contributed by atoms with van der Waals surface area (Å²) in [5.41, 5.74) is 1.50. The maximum atomic E-state index is 12.7. The van der Waals surface area contributed by atoms with Crippen LogP contribution < -0.4 is 0 Å². The highest BCUT2D eigenvalue weighted by molar-refractivity contribution is 5.68. The van der Waals surface area contributed by atoms with E-state index in [-0.39, 0.29) is 35.7 Å². The van der Waals surface area contributed by atoms with Gasteiger partial charge in [0, 0.05) is 13.1 Å². The van der Waals surface area contributed by atoms with Crippen LogP contribution >= 0.6 is 0 Å². The molecule has 5 saturated carbocycles. The van der Waals surface area contributed by atoms with Gasteiger partial charge in [-0.3, -0.25) is 0 Å². The number of carbonyl (C=O) groups is 1. The lowest BCUT2D eigenvalue weighted by molar-refractivity contribution is -0.150. The van der Waals surface area contributed by atoms with Crippen molar-refractivity contribution in [1.82, 2.24) is 4.90 Å². The van der Waals surface area contributed by atoms with Crippen LogP contribution in [0, 0.1) is 51.2 Å². The van der Waals surface area contributed by atoms with E-state index in [1.807, 2.05) is 4.90 Å². The summed E-state index contributed by atoms with van der Waals surface area (Å²) in [4.78, 5) is 14.5. The van der Waals surface area contributed by atoms with Crippen LogP contribution in [0.5, 0.6) is 0 Å². The predicted octanol–water partition coefficient (Wildman–Crippen LogP) is 6.42. The van der Waals surface area contributed by atoms with Crippen molar-refractivity contribution in [3.63, 3.8) is 0 Å². The van der Waals surface area contributed by atoms with E-state index in [4.69, 9.17) is 9.47 Å². The van der Waals surface area contributed by atoms with E-state index < -0.39 is 0 Å². The summed E-state index contributed by atoms with van der Waals surface area (Å²) in [6.45, 7) is 13.4. The molecule has 0 aromatic heterocycles. The summed E-state index contributed by atoms with van der Waals surface area (Å²) >= 11 is 0. The number of nitrogens with zero attached hydrogens (tertiary/aromatic N) is 1. The first-order valence-corrected chi connectivity index (χ1v) is 15.8. The monoisotopic (exact) mass is 513 g/mol. The Hall–Kier alpha value is -0.810. The number of rotatable bonds is 3. The summed E-state index contributed by atoms with van der Waals surface area (Å²) < 4.78 is 13.1. The van der Waals surface area contributed by atoms with Gasteiger partial charge in [0.25, 0.3) is 0 Å². The predicted molar refractivity (Wildman–Crippen MR) is 143 cm³/mol. The Morgan fingerprint density at radius 1 is 0.946 bits per heavy atom. The Balaban J connectivity index is 1.10. The topological polar surface area (TPSA) is 59.0 Å². The van der Waals surface area contributed by atoms with E-state index >= 15 is 0 Å². The van der Waals surface area contributed by atoms with Crippen molar-refractivity contribution < 1.29 is 19.4 Å². The van der Waals surface area contributed by atoms with Gasteiger partial charge in [0.1, 0.15) is 6.10 Å². The van der Waals surface area contributed by atoms with Gasteiger partial charge in [-0.15, -0.1) is 0 Å². The lowest BCUT2D eigenvalue weighted by Gasteiger charge is -2.59. The summed E-state index contributed by atoms with van der Waals surface area (Å²) in [6.07, 6.45) is 13.6. The van der Waals surface area contributed by atoms with Crippen molar-refractivity contribution >= 4 is 6.09 Å². The second-order valence-corrected chi connectivity index (χ2v) is 15.8. The number of aliphatic hydroxyl groups excluding tert-OH is 1. The van der Waals surface area contributed by atoms with Crippen LogP contribution in [-0.4, -0.2) is 53.6 Å². The zero-order chi connectivity index (χ0) is 26.0. The molecule has 11 atom stereocenters. The first kappa shape index (κ1) is 25.2. The highest BCUT2D eigenvalue weighted by atomic mass is 16.6. The highest BCUT2D eigenvalue weighted by Crippen LogP contribution is 2.87. The highest BCUT2D eigenvalue weighted by Gasteiger charge is 2.80. The number of amides is 1. The van der Waals surface area contributed by atoms with E-state index in [9.17, 15) is 9.90 Å². The van der Waals surface area contributed by atoms with Crippen molar-refractivity contribution in [2.45, 2.75) is 130 Å². The molecule has 0 radical (unpaired) electrons. The SMILES string of the molecule is CC(C)[C@@H](OC(=O)N1CCC1)C1CCC2C(CC3C4CCC5C(C)(C)[C@@H](O)CC[C@@]56CC46CC[C@]23C)O1. The maximum absolute atomic E-state index is 12.7.